The van der Waals surface area contributed by atoms with Crippen LogP contribution in [-0.2, 0) is 8.26 Å². The second-order valence-corrected chi connectivity index (χ2v) is 7.23. The van der Waals surface area contributed by atoms with Crippen LogP contribution in [0.2, 0.25) is 0 Å². The van der Waals surface area contributed by atoms with Gasteiger partial charge in [-0.1, -0.05) is 36.4 Å². The molecule has 0 atom stereocenters. The van der Waals surface area contributed by atoms with Crippen LogP contribution in [0.4, 0.5) is 5.69 Å². The van der Waals surface area contributed by atoms with Crippen molar-refractivity contribution in [1.82, 2.24) is 0 Å². The van der Waals surface area contributed by atoms with Crippen molar-refractivity contribution < 1.29 is 13.2 Å². The zero-order chi connectivity index (χ0) is 15.0. The number of benzene rings is 2. The van der Waals surface area contributed by atoms with Gasteiger partial charge in [-0.25, -0.2) is 0 Å². The van der Waals surface area contributed by atoms with Crippen molar-refractivity contribution in [3.05, 3.63) is 66.2 Å². The zero-order valence-electron chi connectivity index (χ0n) is 10.2. The molecule has 0 radical (unpaired) electrons. The molecule has 0 aromatic heterocycles. The summed E-state index contributed by atoms with van der Waals surface area (Å²) < 4.78 is 18.3. The maximum absolute atomic E-state index is 11.7. The van der Waals surface area contributed by atoms with E-state index < -0.39 is 8.26 Å². The summed E-state index contributed by atoms with van der Waals surface area (Å²) in [5.74, 6) is -0.0817. The van der Waals surface area contributed by atoms with E-state index in [0.29, 0.717) is 5.56 Å². The van der Waals surface area contributed by atoms with E-state index >= 15 is 0 Å². The molecule has 106 valence electrons. The van der Waals surface area contributed by atoms with Gasteiger partial charge in [0, 0.05) is 32.6 Å². The first-order valence-electron chi connectivity index (χ1n) is 5.42. The molecule has 0 spiro atoms. The van der Waals surface area contributed by atoms with Crippen LogP contribution in [0.1, 0.15) is 10.4 Å². The molecule has 0 saturated heterocycles. The van der Waals surface area contributed by atoms with Crippen LogP contribution < -0.4 is 5.32 Å². The Kier molecular flexibility index (Phi) is 6.51. The highest BCUT2D eigenvalue weighted by molar-refractivity contribution is 8.31. The second-order valence-electron chi connectivity index (χ2n) is 3.56. The molecule has 20 heavy (non-hydrogen) atoms. The van der Waals surface area contributed by atoms with Crippen LogP contribution in [0, 0.1) is 0 Å². The minimum absolute atomic E-state index is 0.0817. The summed E-state index contributed by atoms with van der Waals surface area (Å²) in [6.45, 7) is 0. The lowest BCUT2D eigenvalue weighted by atomic mass is 10.2. The summed E-state index contributed by atoms with van der Waals surface area (Å²) in [6.07, 6.45) is 0. The standard InChI is InChI=1S/C13H11NO.Cl2O2S/c15-13(11-7-3-1-4-8-11)14-12-9-5-2-6-10-12;1-5(2,3)4/h1-10H,(H,14,15);. The molecular weight excluding hydrogens is 321 g/mol. The number of hydrogen-bond donors (Lipinski definition) is 1. The Bertz CT molecular complexity index is 638. The van der Waals surface area contributed by atoms with Crippen molar-refractivity contribution >= 4 is 41.2 Å². The van der Waals surface area contributed by atoms with E-state index in [-0.39, 0.29) is 5.91 Å². The molecule has 7 heteroatoms. The predicted molar refractivity (Wildman–Crippen MR) is 81.5 cm³/mol. The van der Waals surface area contributed by atoms with E-state index in [1.54, 1.807) is 12.1 Å². The van der Waals surface area contributed by atoms with Crippen LogP contribution >= 0.6 is 21.4 Å². The van der Waals surface area contributed by atoms with Gasteiger partial charge in [-0.05, 0) is 24.3 Å². The van der Waals surface area contributed by atoms with Crippen molar-refractivity contribution in [2.45, 2.75) is 0 Å². The molecule has 1 N–H and O–H groups in total. The molecule has 0 saturated carbocycles. The van der Waals surface area contributed by atoms with Gasteiger partial charge in [0.2, 0.25) is 0 Å². The summed E-state index contributed by atoms with van der Waals surface area (Å²) in [5, 5.41) is 2.82. The third-order valence-corrected chi connectivity index (χ3v) is 2.07. The van der Waals surface area contributed by atoms with Crippen LogP contribution in [0.5, 0.6) is 0 Å². The third kappa shape index (κ3) is 7.78. The Hall–Kier alpha value is -1.56. The number of carbonyl (C=O) groups excluding carboxylic acids is 1. The topological polar surface area (TPSA) is 63.2 Å². The first-order valence-corrected chi connectivity index (χ1v) is 8.55. The van der Waals surface area contributed by atoms with Gasteiger partial charge in [-0.3, -0.25) is 4.79 Å². The van der Waals surface area contributed by atoms with Crippen molar-refractivity contribution in [1.29, 1.82) is 0 Å². The Morgan fingerprint density at radius 1 is 0.850 bits per heavy atom. The number of para-hydroxylation sites is 1. The van der Waals surface area contributed by atoms with E-state index in [1.807, 2.05) is 48.5 Å². The SMILES string of the molecule is O=C(Nc1ccccc1)c1ccccc1.O=S(=O)(Cl)Cl. The molecule has 1 amide bonds. The quantitative estimate of drug-likeness (QED) is 0.854. The molecule has 0 heterocycles. The largest absolute Gasteiger partial charge is 0.322 e. The fraction of sp³-hybridized carbons (Fsp3) is 0. The molecule has 0 fully saturated rings. The molecule has 0 unspecified atom stereocenters. The minimum Gasteiger partial charge on any atom is -0.322 e. The molecule has 4 nitrogen and oxygen atoms in total. The lowest BCUT2D eigenvalue weighted by Crippen LogP contribution is -2.11. The van der Waals surface area contributed by atoms with E-state index in [9.17, 15) is 4.79 Å². The van der Waals surface area contributed by atoms with Crippen molar-refractivity contribution in [3.63, 3.8) is 0 Å². The highest BCUT2D eigenvalue weighted by atomic mass is 36.0. The third-order valence-electron chi connectivity index (χ3n) is 2.07. The lowest BCUT2D eigenvalue weighted by Gasteiger charge is -2.03. The number of carbonyl (C=O) groups is 1. The van der Waals surface area contributed by atoms with Gasteiger partial charge in [0.15, 0.2) is 0 Å². The number of rotatable bonds is 2. The predicted octanol–water partition coefficient (Wildman–Crippen LogP) is 3.65. The summed E-state index contributed by atoms with van der Waals surface area (Å²) in [5.41, 5.74) is 1.48. The van der Waals surface area contributed by atoms with Crippen LogP contribution in [0.25, 0.3) is 0 Å². The fourth-order valence-electron chi connectivity index (χ4n) is 1.31. The highest BCUT2D eigenvalue weighted by Gasteiger charge is 2.03. The maximum Gasteiger partial charge on any atom is 0.317 e. The van der Waals surface area contributed by atoms with E-state index in [4.69, 9.17) is 8.42 Å². The minimum atomic E-state index is -3.72. The number of anilines is 1. The van der Waals surface area contributed by atoms with Gasteiger partial charge in [0.1, 0.15) is 0 Å². The fourth-order valence-corrected chi connectivity index (χ4v) is 1.31. The van der Waals surface area contributed by atoms with Gasteiger partial charge in [-0.2, -0.15) is 8.42 Å². The average Bonchev–Trinajstić information content (AvgIpc) is 2.39. The molecule has 0 aliphatic heterocycles. The van der Waals surface area contributed by atoms with E-state index in [0.717, 1.165) is 5.69 Å². The lowest BCUT2D eigenvalue weighted by molar-refractivity contribution is 0.102. The molecule has 2 aromatic rings. The van der Waals surface area contributed by atoms with E-state index in [2.05, 4.69) is 26.7 Å². The Balaban J connectivity index is 0.000000347. The van der Waals surface area contributed by atoms with Crippen molar-refractivity contribution in [2.24, 2.45) is 0 Å². The Morgan fingerprint density at radius 3 is 1.70 bits per heavy atom. The number of hydrogen-bond acceptors (Lipinski definition) is 3. The molecule has 0 bridgehead atoms. The van der Waals surface area contributed by atoms with Gasteiger partial charge in [0.25, 0.3) is 5.91 Å². The highest BCUT2D eigenvalue weighted by Crippen LogP contribution is 2.08. The molecule has 2 rings (SSSR count). The smallest absolute Gasteiger partial charge is 0.317 e. The monoisotopic (exact) mass is 331 g/mol. The Morgan fingerprint density at radius 2 is 1.25 bits per heavy atom. The normalized spacial score (nSPS) is 10.1. The van der Waals surface area contributed by atoms with Gasteiger partial charge >= 0.3 is 8.26 Å². The first-order chi connectivity index (χ1) is 9.36. The van der Waals surface area contributed by atoms with Crippen LogP contribution in [0.15, 0.2) is 60.7 Å². The first kappa shape index (κ1) is 16.5. The summed E-state index contributed by atoms with van der Waals surface area (Å²) in [4.78, 5) is 11.7. The van der Waals surface area contributed by atoms with Crippen molar-refractivity contribution in [2.75, 3.05) is 5.32 Å². The van der Waals surface area contributed by atoms with Gasteiger partial charge in [0.05, 0.1) is 0 Å². The second kappa shape index (κ2) is 7.89. The van der Waals surface area contributed by atoms with Crippen LogP contribution in [0.3, 0.4) is 0 Å². The number of halogens is 2. The summed E-state index contributed by atoms with van der Waals surface area (Å²) >= 11 is 0. The molecule has 0 aliphatic rings. The van der Waals surface area contributed by atoms with Gasteiger partial charge < -0.3 is 5.32 Å². The summed E-state index contributed by atoms with van der Waals surface area (Å²) in [6, 6.07) is 18.6. The van der Waals surface area contributed by atoms with Crippen LogP contribution in [-0.4, -0.2) is 14.3 Å². The van der Waals surface area contributed by atoms with Gasteiger partial charge in [-0.15, -0.1) is 0 Å². The molecule has 0 aliphatic carbocycles. The number of amides is 1. The zero-order valence-corrected chi connectivity index (χ0v) is 12.5. The number of nitrogens with one attached hydrogen (secondary N) is 1. The average molecular weight is 332 g/mol. The molecular formula is C13H11Cl2NO3S. The Labute approximate surface area is 126 Å². The van der Waals surface area contributed by atoms with E-state index in [1.165, 1.54) is 0 Å². The van der Waals surface area contributed by atoms with Crippen molar-refractivity contribution in [3.8, 4) is 0 Å². The maximum atomic E-state index is 11.7. The summed E-state index contributed by atoms with van der Waals surface area (Å²) in [7, 11) is 4.81. The molecule has 2 aromatic carbocycles.